The van der Waals surface area contributed by atoms with Crippen LogP contribution in [0, 0.1) is 0 Å². The summed E-state index contributed by atoms with van der Waals surface area (Å²) >= 11 is 0. The molecule has 20 heavy (non-hydrogen) atoms. The number of piperidine rings is 1. The first-order valence-electron chi connectivity index (χ1n) is 7.01. The molecule has 2 N–H and O–H groups in total. The molecule has 112 valence electrons. The second-order valence-corrected chi connectivity index (χ2v) is 5.13. The summed E-state index contributed by atoms with van der Waals surface area (Å²) in [7, 11) is 2.12. The number of benzene rings is 1. The van der Waals surface area contributed by atoms with Gasteiger partial charge in [-0.3, -0.25) is 4.79 Å². The molecule has 4 nitrogen and oxygen atoms in total. The molecule has 0 bridgehead atoms. The van der Waals surface area contributed by atoms with Crippen LogP contribution in [0.5, 0.6) is 0 Å². The first-order chi connectivity index (χ1) is 9.25. The third-order valence-electron chi connectivity index (χ3n) is 3.68. The van der Waals surface area contributed by atoms with Crippen LogP contribution in [0.1, 0.15) is 19.3 Å². The van der Waals surface area contributed by atoms with Crippen LogP contribution in [0.3, 0.4) is 0 Å². The van der Waals surface area contributed by atoms with E-state index in [1.807, 2.05) is 30.3 Å². The van der Waals surface area contributed by atoms with E-state index in [1.54, 1.807) is 0 Å². The third-order valence-corrected chi connectivity index (χ3v) is 3.68. The first kappa shape index (κ1) is 17.0. The van der Waals surface area contributed by atoms with Crippen molar-refractivity contribution in [3.8, 4) is 0 Å². The molecule has 5 heteroatoms. The van der Waals surface area contributed by atoms with E-state index in [0.29, 0.717) is 12.5 Å². The van der Waals surface area contributed by atoms with Gasteiger partial charge in [-0.2, -0.15) is 0 Å². The summed E-state index contributed by atoms with van der Waals surface area (Å²) in [6.45, 7) is 3.00. The second kappa shape index (κ2) is 8.95. The molecule has 1 heterocycles. The van der Waals surface area contributed by atoms with Crippen LogP contribution >= 0.6 is 12.4 Å². The molecular formula is C15H24ClN3O. The van der Waals surface area contributed by atoms with Crippen molar-refractivity contribution in [3.05, 3.63) is 30.3 Å². The number of hydrogen-bond donors (Lipinski definition) is 2. The van der Waals surface area contributed by atoms with Gasteiger partial charge in [0.15, 0.2) is 0 Å². The lowest BCUT2D eigenvalue weighted by atomic mass is 10.1. The van der Waals surface area contributed by atoms with Crippen LogP contribution in [0.15, 0.2) is 30.3 Å². The molecule has 1 aromatic carbocycles. The Balaban J connectivity index is 0.00000200. The Morgan fingerprint density at radius 3 is 2.60 bits per heavy atom. The molecule has 0 spiro atoms. The summed E-state index contributed by atoms with van der Waals surface area (Å²) < 4.78 is 0. The number of carbonyl (C=O) groups excluding carboxylic acids is 1. The zero-order chi connectivity index (χ0) is 13.5. The predicted octanol–water partition coefficient (Wildman–Crippen LogP) is 2.12. The molecule has 0 radical (unpaired) electrons. The van der Waals surface area contributed by atoms with Crippen LogP contribution in [0.25, 0.3) is 0 Å². The van der Waals surface area contributed by atoms with Gasteiger partial charge in [0.1, 0.15) is 0 Å². The molecule has 1 amide bonds. The summed E-state index contributed by atoms with van der Waals surface area (Å²) in [6.07, 6.45) is 2.91. The SMILES string of the molecule is CN(CCC(=O)Nc1ccccc1)C1CCNCC1.Cl. The maximum Gasteiger partial charge on any atom is 0.225 e. The maximum atomic E-state index is 11.8. The normalized spacial score (nSPS) is 15.7. The van der Waals surface area contributed by atoms with E-state index < -0.39 is 0 Å². The Morgan fingerprint density at radius 2 is 1.95 bits per heavy atom. The zero-order valence-electron chi connectivity index (χ0n) is 12.0. The largest absolute Gasteiger partial charge is 0.326 e. The summed E-state index contributed by atoms with van der Waals surface area (Å²) in [5.74, 6) is 0.0898. The number of amides is 1. The van der Waals surface area contributed by atoms with E-state index in [-0.39, 0.29) is 18.3 Å². The molecule has 0 saturated carbocycles. The van der Waals surface area contributed by atoms with Gasteiger partial charge in [-0.05, 0) is 45.1 Å². The van der Waals surface area contributed by atoms with Gasteiger partial charge in [-0.1, -0.05) is 18.2 Å². The number of para-hydroxylation sites is 1. The van der Waals surface area contributed by atoms with Gasteiger partial charge in [0, 0.05) is 24.7 Å². The summed E-state index contributed by atoms with van der Waals surface area (Å²) in [4.78, 5) is 14.2. The summed E-state index contributed by atoms with van der Waals surface area (Å²) in [5, 5.41) is 6.28. The topological polar surface area (TPSA) is 44.4 Å². The Labute approximate surface area is 127 Å². The number of rotatable bonds is 5. The van der Waals surface area contributed by atoms with E-state index in [0.717, 1.165) is 25.3 Å². The second-order valence-electron chi connectivity index (χ2n) is 5.13. The average Bonchev–Trinajstić information content (AvgIpc) is 2.47. The van der Waals surface area contributed by atoms with Gasteiger partial charge in [0.25, 0.3) is 0 Å². The fraction of sp³-hybridized carbons (Fsp3) is 0.533. The van der Waals surface area contributed by atoms with Crippen molar-refractivity contribution in [2.75, 3.05) is 32.0 Å². The third kappa shape index (κ3) is 5.49. The minimum Gasteiger partial charge on any atom is -0.326 e. The van der Waals surface area contributed by atoms with Gasteiger partial charge >= 0.3 is 0 Å². The molecule has 1 aliphatic rings. The first-order valence-corrected chi connectivity index (χ1v) is 7.01. The van der Waals surface area contributed by atoms with Crippen LogP contribution in [-0.4, -0.2) is 43.5 Å². The molecule has 1 aliphatic heterocycles. The molecule has 0 aliphatic carbocycles. The number of nitrogens with zero attached hydrogens (tertiary/aromatic N) is 1. The van der Waals surface area contributed by atoms with Gasteiger partial charge in [0.05, 0.1) is 0 Å². The number of nitrogens with one attached hydrogen (secondary N) is 2. The Bertz CT molecular complexity index is 393. The highest BCUT2D eigenvalue weighted by atomic mass is 35.5. The Morgan fingerprint density at radius 1 is 1.30 bits per heavy atom. The van der Waals surface area contributed by atoms with Gasteiger partial charge < -0.3 is 15.5 Å². The van der Waals surface area contributed by atoms with Gasteiger partial charge in [0.2, 0.25) is 5.91 Å². The summed E-state index contributed by atoms with van der Waals surface area (Å²) in [5.41, 5.74) is 0.872. The van der Waals surface area contributed by atoms with Crippen molar-refractivity contribution in [3.63, 3.8) is 0 Å². The quantitative estimate of drug-likeness (QED) is 0.875. The fourth-order valence-electron chi connectivity index (χ4n) is 2.45. The van der Waals surface area contributed by atoms with Gasteiger partial charge in [-0.15, -0.1) is 12.4 Å². The van der Waals surface area contributed by atoms with Crippen molar-refractivity contribution in [1.82, 2.24) is 10.2 Å². The minimum absolute atomic E-state index is 0. The van der Waals surface area contributed by atoms with Crippen LogP contribution < -0.4 is 10.6 Å². The number of hydrogen-bond acceptors (Lipinski definition) is 3. The van der Waals surface area contributed by atoms with Crippen LogP contribution in [-0.2, 0) is 4.79 Å². The van der Waals surface area contributed by atoms with Gasteiger partial charge in [-0.25, -0.2) is 0 Å². The van der Waals surface area contributed by atoms with Crippen molar-refractivity contribution in [2.24, 2.45) is 0 Å². The van der Waals surface area contributed by atoms with E-state index in [4.69, 9.17) is 0 Å². The average molecular weight is 298 g/mol. The number of halogens is 1. The van der Waals surface area contributed by atoms with Crippen LogP contribution in [0.2, 0.25) is 0 Å². The molecule has 0 aromatic heterocycles. The van der Waals surface area contributed by atoms with Crippen molar-refractivity contribution in [1.29, 1.82) is 0 Å². The standard InChI is InChI=1S/C15H23N3O.ClH/c1-18(14-7-10-16-11-8-14)12-9-15(19)17-13-5-3-2-4-6-13;/h2-6,14,16H,7-12H2,1H3,(H,17,19);1H. The lowest BCUT2D eigenvalue weighted by Gasteiger charge is -2.31. The molecule has 0 atom stereocenters. The van der Waals surface area contributed by atoms with Crippen LogP contribution in [0.4, 0.5) is 5.69 Å². The van der Waals surface area contributed by atoms with Crippen molar-refractivity contribution < 1.29 is 4.79 Å². The number of anilines is 1. The fourth-order valence-corrected chi connectivity index (χ4v) is 2.45. The lowest BCUT2D eigenvalue weighted by molar-refractivity contribution is -0.116. The van der Waals surface area contributed by atoms with Crippen molar-refractivity contribution in [2.45, 2.75) is 25.3 Å². The molecule has 0 unspecified atom stereocenters. The van der Waals surface area contributed by atoms with E-state index in [2.05, 4.69) is 22.6 Å². The molecule has 1 saturated heterocycles. The lowest BCUT2D eigenvalue weighted by Crippen LogP contribution is -2.42. The maximum absolute atomic E-state index is 11.8. The highest BCUT2D eigenvalue weighted by Gasteiger charge is 2.17. The zero-order valence-corrected chi connectivity index (χ0v) is 12.8. The Hall–Kier alpha value is -1.10. The van der Waals surface area contributed by atoms with E-state index in [1.165, 1.54) is 12.8 Å². The highest BCUT2D eigenvalue weighted by molar-refractivity contribution is 5.90. The molecule has 2 rings (SSSR count). The van der Waals surface area contributed by atoms with E-state index in [9.17, 15) is 4.79 Å². The molecule has 1 aromatic rings. The highest BCUT2D eigenvalue weighted by Crippen LogP contribution is 2.11. The van der Waals surface area contributed by atoms with E-state index >= 15 is 0 Å². The summed E-state index contributed by atoms with van der Waals surface area (Å²) in [6, 6.07) is 10.2. The monoisotopic (exact) mass is 297 g/mol. The van der Waals surface area contributed by atoms with Crippen molar-refractivity contribution >= 4 is 24.0 Å². The molecule has 1 fully saturated rings. The Kier molecular flexibility index (Phi) is 7.59. The number of carbonyl (C=O) groups is 1. The minimum atomic E-state index is 0. The smallest absolute Gasteiger partial charge is 0.225 e. The molecular weight excluding hydrogens is 274 g/mol. The predicted molar refractivity (Wildman–Crippen MR) is 85.5 cm³/mol.